The minimum Gasteiger partial charge on any atom is -0.389 e. The van der Waals surface area contributed by atoms with Crippen LogP contribution in [0.3, 0.4) is 0 Å². The van der Waals surface area contributed by atoms with Crippen LogP contribution in [0, 0.1) is 13.8 Å². The SMILES string of the molecule is COCC(O)CNC(C)CC(=O)Nc1cccc(C)c1C. The number of carbonyl (C=O) groups is 1. The van der Waals surface area contributed by atoms with E-state index >= 15 is 0 Å². The molecule has 0 saturated carbocycles. The molecule has 0 aliphatic heterocycles. The standard InChI is InChI=1S/C16H26N2O3/c1-11-6-5-7-15(13(11)3)18-16(20)8-12(2)17-9-14(19)10-21-4/h5-7,12,14,17,19H,8-10H2,1-4H3,(H,18,20). The molecule has 5 heteroatoms. The molecule has 1 aromatic rings. The van der Waals surface area contributed by atoms with Gasteiger partial charge in [0.25, 0.3) is 0 Å². The normalized spacial score (nSPS) is 13.8. The van der Waals surface area contributed by atoms with E-state index in [1.54, 1.807) is 7.11 Å². The Morgan fingerprint density at radius 3 is 2.76 bits per heavy atom. The number of aliphatic hydroxyl groups is 1. The summed E-state index contributed by atoms with van der Waals surface area (Å²) in [5.74, 6) is -0.0371. The molecular formula is C16H26N2O3. The van der Waals surface area contributed by atoms with Crippen molar-refractivity contribution in [1.82, 2.24) is 5.32 Å². The van der Waals surface area contributed by atoms with E-state index in [0.29, 0.717) is 13.0 Å². The van der Waals surface area contributed by atoms with Crippen LogP contribution in [0.5, 0.6) is 0 Å². The van der Waals surface area contributed by atoms with E-state index < -0.39 is 6.10 Å². The molecule has 1 rings (SSSR count). The van der Waals surface area contributed by atoms with E-state index in [9.17, 15) is 9.90 Å². The van der Waals surface area contributed by atoms with Crippen molar-refractivity contribution < 1.29 is 14.6 Å². The van der Waals surface area contributed by atoms with Crippen molar-refractivity contribution in [3.63, 3.8) is 0 Å². The molecule has 0 fully saturated rings. The van der Waals surface area contributed by atoms with E-state index in [1.807, 2.05) is 39.0 Å². The van der Waals surface area contributed by atoms with Gasteiger partial charge in [0.05, 0.1) is 12.7 Å². The second kappa shape index (κ2) is 8.77. The lowest BCUT2D eigenvalue weighted by atomic mass is 10.1. The Morgan fingerprint density at radius 2 is 2.10 bits per heavy atom. The molecule has 1 amide bonds. The molecule has 0 saturated heterocycles. The summed E-state index contributed by atoms with van der Waals surface area (Å²) in [5, 5.41) is 15.6. The van der Waals surface area contributed by atoms with Crippen LogP contribution >= 0.6 is 0 Å². The van der Waals surface area contributed by atoms with Gasteiger partial charge in [-0.15, -0.1) is 0 Å². The summed E-state index contributed by atoms with van der Waals surface area (Å²) in [7, 11) is 1.55. The Hall–Kier alpha value is -1.43. The first-order valence-corrected chi connectivity index (χ1v) is 7.20. The number of hydrogen-bond donors (Lipinski definition) is 3. The van der Waals surface area contributed by atoms with Gasteiger partial charge in [0.1, 0.15) is 0 Å². The number of ether oxygens (including phenoxy) is 1. The van der Waals surface area contributed by atoms with Gasteiger partial charge in [0, 0.05) is 31.8 Å². The number of benzene rings is 1. The highest BCUT2D eigenvalue weighted by molar-refractivity contribution is 5.92. The highest BCUT2D eigenvalue weighted by Crippen LogP contribution is 2.18. The maximum Gasteiger partial charge on any atom is 0.225 e. The van der Waals surface area contributed by atoms with Crippen LogP contribution in [0.2, 0.25) is 0 Å². The number of nitrogens with one attached hydrogen (secondary N) is 2. The highest BCUT2D eigenvalue weighted by Gasteiger charge is 2.12. The number of hydrogen-bond acceptors (Lipinski definition) is 4. The summed E-state index contributed by atoms with van der Waals surface area (Å²) in [6.07, 6.45) is -0.202. The zero-order valence-corrected chi connectivity index (χ0v) is 13.3. The van der Waals surface area contributed by atoms with Crippen molar-refractivity contribution in [3.05, 3.63) is 29.3 Å². The molecule has 0 radical (unpaired) electrons. The first-order valence-electron chi connectivity index (χ1n) is 7.20. The van der Waals surface area contributed by atoms with Gasteiger partial charge in [-0.2, -0.15) is 0 Å². The molecule has 0 heterocycles. The van der Waals surface area contributed by atoms with Crippen LogP contribution < -0.4 is 10.6 Å². The highest BCUT2D eigenvalue weighted by atomic mass is 16.5. The lowest BCUT2D eigenvalue weighted by Gasteiger charge is -2.17. The number of rotatable bonds is 8. The molecule has 0 bridgehead atoms. The van der Waals surface area contributed by atoms with Crippen molar-refractivity contribution in [3.8, 4) is 0 Å². The monoisotopic (exact) mass is 294 g/mol. The zero-order chi connectivity index (χ0) is 15.8. The molecule has 0 aromatic heterocycles. The number of aryl methyl sites for hydroxylation is 1. The van der Waals surface area contributed by atoms with Crippen LogP contribution in [0.25, 0.3) is 0 Å². The van der Waals surface area contributed by atoms with E-state index in [2.05, 4.69) is 10.6 Å². The van der Waals surface area contributed by atoms with Crippen LogP contribution in [0.1, 0.15) is 24.5 Å². The van der Waals surface area contributed by atoms with E-state index in [4.69, 9.17) is 4.74 Å². The predicted octanol–water partition coefficient (Wildman–Crippen LogP) is 1.62. The van der Waals surface area contributed by atoms with E-state index in [1.165, 1.54) is 0 Å². The summed E-state index contributed by atoms with van der Waals surface area (Å²) in [6, 6.07) is 5.84. The summed E-state index contributed by atoms with van der Waals surface area (Å²) in [5.41, 5.74) is 3.09. The third-order valence-corrected chi connectivity index (χ3v) is 3.43. The minimum absolute atomic E-state index is 0.0124. The van der Waals surface area contributed by atoms with Crippen LogP contribution in [-0.2, 0) is 9.53 Å². The van der Waals surface area contributed by atoms with Gasteiger partial charge < -0.3 is 20.5 Å². The quantitative estimate of drug-likeness (QED) is 0.681. The average molecular weight is 294 g/mol. The second-order valence-electron chi connectivity index (χ2n) is 5.42. The zero-order valence-electron chi connectivity index (χ0n) is 13.3. The Morgan fingerprint density at radius 1 is 1.38 bits per heavy atom. The Labute approximate surface area is 126 Å². The predicted molar refractivity (Wildman–Crippen MR) is 84.5 cm³/mol. The molecule has 0 aliphatic carbocycles. The molecule has 3 N–H and O–H groups in total. The fraction of sp³-hybridized carbons (Fsp3) is 0.562. The maximum absolute atomic E-state index is 12.0. The van der Waals surface area contributed by atoms with Crippen LogP contribution in [-0.4, -0.2) is 43.4 Å². The molecule has 2 atom stereocenters. The Bertz CT molecular complexity index is 463. The van der Waals surface area contributed by atoms with Gasteiger partial charge in [0.2, 0.25) is 5.91 Å². The van der Waals surface area contributed by atoms with Gasteiger partial charge in [-0.1, -0.05) is 12.1 Å². The van der Waals surface area contributed by atoms with Gasteiger partial charge >= 0.3 is 0 Å². The molecular weight excluding hydrogens is 268 g/mol. The number of carbonyl (C=O) groups excluding carboxylic acids is 1. The number of aliphatic hydroxyl groups excluding tert-OH is 1. The third-order valence-electron chi connectivity index (χ3n) is 3.43. The van der Waals surface area contributed by atoms with Crippen molar-refractivity contribution in [1.29, 1.82) is 0 Å². The van der Waals surface area contributed by atoms with Crippen molar-refractivity contribution in [2.24, 2.45) is 0 Å². The van der Waals surface area contributed by atoms with Gasteiger partial charge in [-0.25, -0.2) is 0 Å². The molecule has 21 heavy (non-hydrogen) atoms. The summed E-state index contributed by atoms with van der Waals surface area (Å²) in [4.78, 5) is 12.0. The lowest BCUT2D eigenvalue weighted by molar-refractivity contribution is -0.116. The van der Waals surface area contributed by atoms with Crippen LogP contribution in [0.15, 0.2) is 18.2 Å². The molecule has 0 aliphatic rings. The molecule has 2 unspecified atom stereocenters. The number of amides is 1. The lowest BCUT2D eigenvalue weighted by Crippen LogP contribution is -2.37. The van der Waals surface area contributed by atoms with Crippen LogP contribution in [0.4, 0.5) is 5.69 Å². The second-order valence-corrected chi connectivity index (χ2v) is 5.42. The molecule has 118 valence electrons. The largest absolute Gasteiger partial charge is 0.389 e. The van der Waals surface area contributed by atoms with Crippen molar-refractivity contribution >= 4 is 11.6 Å². The molecule has 1 aromatic carbocycles. The maximum atomic E-state index is 12.0. The van der Waals surface area contributed by atoms with Gasteiger partial charge in [-0.05, 0) is 38.0 Å². The van der Waals surface area contributed by atoms with Crippen molar-refractivity contribution in [2.45, 2.75) is 39.3 Å². The summed E-state index contributed by atoms with van der Waals surface area (Å²) >= 11 is 0. The van der Waals surface area contributed by atoms with E-state index in [0.717, 1.165) is 16.8 Å². The topological polar surface area (TPSA) is 70.6 Å². The van der Waals surface area contributed by atoms with E-state index in [-0.39, 0.29) is 18.6 Å². The Kier molecular flexibility index (Phi) is 7.36. The first kappa shape index (κ1) is 17.6. The van der Waals surface area contributed by atoms with Gasteiger partial charge in [0.15, 0.2) is 0 Å². The fourth-order valence-electron chi connectivity index (χ4n) is 2.03. The third kappa shape index (κ3) is 6.25. The van der Waals surface area contributed by atoms with Crippen molar-refractivity contribution in [2.75, 3.05) is 25.6 Å². The molecule has 0 spiro atoms. The average Bonchev–Trinajstić information content (AvgIpc) is 2.42. The Balaban J connectivity index is 2.41. The summed E-state index contributed by atoms with van der Waals surface area (Å²) < 4.78 is 4.85. The summed E-state index contributed by atoms with van der Waals surface area (Å²) in [6.45, 7) is 6.63. The minimum atomic E-state index is -0.556. The van der Waals surface area contributed by atoms with Gasteiger partial charge in [-0.3, -0.25) is 4.79 Å². The molecule has 5 nitrogen and oxygen atoms in total. The smallest absolute Gasteiger partial charge is 0.225 e. The fourth-order valence-corrected chi connectivity index (χ4v) is 2.03. The first-order chi connectivity index (χ1) is 9.93. The number of methoxy groups -OCH3 is 1. The number of anilines is 1.